The molecular formula is C22H36N3O8P. The number of nitro benzene ring substituents is 1. The molecule has 0 amide bonds. The van der Waals surface area contributed by atoms with E-state index in [0.717, 1.165) is 0 Å². The first kappa shape index (κ1) is 29.5. The van der Waals surface area contributed by atoms with Gasteiger partial charge >= 0.3 is 19.6 Å². The second-order valence-corrected chi connectivity index (χ2v) is 12.2. The number of nitro groups is 1. The maximum absolute atomic E-state index is 13.6. The van der Waals surface area contributed by atoms with Crippen molar-refractivity contribution in [1.82, 2.24) is 10.2 Å². The van der Waals surface area contributed by atoms with Gasteiger partial charge in [-0.05, 0) is 36.8 Å². The molecule has 192 valence electrons. The first-order valence-electron chi connectivity index (χ1n) is 10.8. The summed E-state index contributed by atoms with van der Waals surface area (Å²) in [5, 5.41) is 16.0. The normalized spacial score (nSPS) is 15.5. The van der Waals surface area contributed by atoms with Crippen LogP contribution in [0.4, 0.5) is 5.69 Å². The van der Waals surface area contributed by atoms with Gasteiger partial charge in [0.15, 0.2) is 0 Å². The van der Waals surface area contributed by atoms with E-state index in [1.165, 1.54) is 38.1 Å². The highest BCUT2D eigenvalue weighted by atomic mass is 31.2. The summed E-state index contributed by atoms with van der Waals surface area (Å²) in [7, 11) is -4.10. The summed E-state index contributed by atoms with van der Waals surface area (Å²) in [5.74, 6) is -1.29. The zero-order chi connectivity index (χ0) is 26.3. The van der Waals surface area contributed by atoms with E-state index >= 15 is 0 Å². The molecule has 1 rings (SSSR count). The average Bonchev–Trinajstić information content (AvgIpc) is 2.68. The largest absolute Gasteiger partial charge is 0.464 e. The number of ether oxygens (including phenoxy) is 2. The molecule has 1 aromatic rings. The van der Waals surface area contributed by atoms with Gasteiger partial charge in [-0.15, -0.1) is 0 Å². The molecule has 0 fully saturated rings. The van der Waals surface area contributed by atoms with Crippen LogP contribution in [0.1, 0.15) is 55.4 Å². The van der Waals surface area contributed by atoms with Crippen LogP contribution in [-0.2, 0) is 23.6 Å². The standard InChI is InChI=1S/C22H36N3O8P/c1-15(19(26)31-13-21(3,4)5)23-34(30,24-16(2)20(27)32-14-22(6,7)8)33-18-11-9-17(10-12-18)25(28)29/h9-12,15-16H,13-14H2,1-8H3,(H2,23,24,30)/t15-,16?,34?/m0/s1. The van der Waals surface area contributed by atoms with Crippen molar-refractivity contribution in [3.63, 3.8) is 0 Å². The van der Waals surface area contributed by atoms with E-state index in [-0.39, 0.29) is 35.5 Å². The van der Waals surface area contributed by atoms with E-state index in [4.69, 9.17) is 14.0 Å². The first-order chi connectivity index (χ1) is 15.4. The summed E-state index contributed by atoms with van der Waals surface area (Å²) in [4.78, 5) is 35.1. The number of hydrogen-bond acceptors (Lipinski definition) is 8. The highest BCUT2D eigenvalue weighted by Crippen LogP contribution is 2.40. The van der Waals surface area contributed by atoms with Crippen molar-refractivity contribution in [2.45, 2.75) is 67.5 Å². The number of esters is 2. The van der Waals surface area contributed by atoms with Crippen molar-refractivity contribution in [2.75, 3.05) is 13.2 Å². The lowest BCUT2D eigenvalue weighted by Crippen LogP contribution is -2.43. The highest BCUT2D eigenvalue weighted by Gasteiger charge is 2.35. The molecule has 0 bridgehead atoms. The molecule has 0 aliphatic heterocycles. The zero-order valence-electron chi connectivity index (χ0n) is 21.0. The van der Waals surface area contributed by atoms with Crippen molar-refractivity contribution < 1.29 is 33.1 Å². The molecule has 0 radical (unpaired) electrons. The summed E-state index contributed by atoms with van der Waals surface area (Å²) in [6, 6.07) is 2.77. The van der Waals surface area contributed by atoms with E-state index in [9.17, 15) is 24.3 Å². The van der Waals surface area contributed by atoms with Crippen LogP contribution < -0.4 is 14.7 Å². The Morgan fingerprint density at radius 3 is 1.62 bits per heavy atom. The van der Waals surface area contributed by atoms with Crippen LogP contribution in [0.3, 0.4) is 0 Å². The molecule has 12 heteroatoms. The molecule has 0 saturated carbocycles. The van der Waals surface area contributed by atoms with Gasteiger partial charge in [0.05, 0.1) is 18.1 Å². The second kappa shape index (κ2) is 11.8. The predicted molar refractivity (Wildman–Crippen MR) is 127 cm³/mol. The Labute approximate surface area is 200 Å². The molecule has 0 saturated heterocycles. The van der Waals surface area contributed by atoms with E-state index in [0.29, 0.717) is 0 Å². The highest BCUT2D eigenvalue weighted by molar-refractivity contribution is 7.55. The summed E-state index contributed by atoms with van der Waals surface area (Å²) in [6.45, 7) is 14.6. The number of carbonyl (C=O) groups is 2. The van der Waals surface area contributed by atoms with Crippen LogP contribution >= 0.6 is 7.67 Å². The van der Waals surface area contributed by atoms with Crippen LogP contribution in [0.2, 0.25) is 0 Å². The van der Waals surface area contributed by atoms with Gasteiger partial charge in [0, 0.05) is 12.1 Å². The molecule has 3 atom stereocenters. The first-order valence-corrected chi connectivity index (χ1v) is 12.5. The number of non-ortho nitro benzene ring substituents is 1. The summed E-state index contributed by atoms with van der Waals surface area (Å²) in [5.41, 5.74) is -0.711. The molecule has 2 N–H and O–H groups in total. The van der Waals surface area contributed by atoms with Gasteiger partial charge in [0.2, 0.25) is 0 Å². The van der Waals surface area contributed by atoms with Gasteiger partial charge in [0.1, 0.15) is 17.8 Å². The summed E-state index contributed by atoms with van der Waals surface area (Å²) >= 11 is 0. The minimum absolute atomic E-state index is 0.0273. The number of nitrogens with one attached hydrogen (secondary N) is 2. The van der Waals surface area contributed by atoms with Crippen molar-refractivity contribution in [2.24, 2.45) is 10.8 Å². The minimum atomic E-state index is -4.10. The average molecular weight is 502 g/mol. The summed E-state index contributed by atoms with van der Waals surface area (Å²) < 4.78 is 29.7. The molecule has 0 aromatic heterocycles. The lowest BCUT2D eigenvalue weighted by Gasteiger charge is -2.27. The Kier molecular flexibility index (Phi) is 10.2. The molecule has 34 heavy (non-hydrogen) atoms. The Morgan fingerprint density at radius 2 is 1.29 bits per heavy atom. The second-order valence-electron chi connectivity index (χ2n) is 10.4. The minimum Gasteiger partial charge on any atom is -0.464 e. The fourth-order valence-corrected chi connectivity index (χ4v) is 4.14. The van der Waals surface area contributed by atoms with E-state index in [2.05, 4.69) is 10.2 Å². The number of carbonyl (C=O) groups excluding carboxylic acids is 2. The Morgan fingerprint density at radius 1 is 0.912 bits per heavy atom. The SMILES string of the molecule is CC(NP(=O)(N[C@@H](C)C(=O)OCC(C)(C)C)Oc1ccc([N+](=O)[O-])cc1)C(=O)OCC(C)(C)C. The third-order valence-corrected chi connectivity index (χ3v) is 5.93. The fourth-order valence-electron chi connectivity index (χ4n) is 2.31. The van der Waals surface area contributed by atoms with Crippen molar-refractivity contribution in [3.05, 3.63) is 34.4 Å². The van der Waals surface area contributed by atoms with E-state index < -0.39 is 36.6 Å². The molecule has 0 aliphatic rings. The zero-order valence-corrected chi connectivity index (χ0v) is 21.9. The quantitative estimate of drug-likeness (QED) is 0.196. The van der Waals surface area contributed by atoms with Crippen molar-refractivity contribution in [1.29, 1.82) is 0 Å². The van der Waals surface area contributed by atoms with Gasteiger partial charge in [-0.3, -0.25) is 19.7 Å². The van der Waals surface area contributed by atoms with E-state index in [1.54, 1.807) is 0 Å². The molecular weight excluding hydrogens is 465 g/mol. The van der Waals surface area contributed by atoms with E-state index in [1.807, 2.05) is 41.5 Å². The third kappa shape index (κ3) is 11.1. The number of rotatable bonds is 11. The molecule has 1 aromatic carbocycles. The van der Waals surface area contributed by atoms with Gasteiger partial charge in [-0.25, -0.2) is 14.7 Å². The van der Waals surface area contributed by atoms with Gasteiger partial charge in [-0.1, -0.05) is 41.5 Å². The lowest BCUT2D eigenvalue weighted by molar-refractivity contribution is -0.384. The van der Waals surface area contributed by atoms with Crippen molar-refractivity contribution >= 4 is 25.3 Å². The summed E-state index contributed by atoms with van der Waals surface area (Å²) in [6.07, 6.45) is 0. The third-order valence-electron chi connectivity index (χ3n) is 4.01. The molecule has 11 nitrogen and oxygen atoms in total. The maximum atomic E-state index is 13.6. The van der Waals surface area contributed by atoms with Crippen molar-refractivity contribution in [3.8, 4) is 5.75 Å². The lowest BCUT2D eigenvalue weighted by atomic mass is 9.99. The van der Waals surface area contributed by atoms with Gasteiger partial charge in [-0.2, -0.15) is 0 Å². The monoisotopic (exact) mass is 501 g/mol. The van der Waals surface area contributed by atoms with Crippen LogP contribution in [-0.4, -0.2) is 42.2 Å². The smallest absolute Gasteiger partial charge is 0.391 e. The Bertz CT molecular complexity index is 864. The van der Waals surface area contributed by atoms with Crippen LogP contribution in [0.15, 0.2) is 24.3 Å². The predicted octanol–water partition coefficient (Wildman–Crippen LogP) is 4.22. The Balaban J connectivity index is 3.04. The van der Waals surface area contributed by atoms with Crippen LogP contribution in [0.25, 0.3) is 0 Å². The Hall–Kier alpha value is -2.49. The fraction of sp³-hybridized carbons (Fsp3) is 0.636. The topological polar surface area (TPSA) is 146 Å². The number of hydrogen-bond donors (Lipinski definition) is 2. The molecule has 2 unspecified atom stereocenters. The van der Waals surface area contributed by atoms with Crippen LogP contribution in [0.5, 0.6) is 5.75 Å². The maximum Gasteiger partial charge on any atom is 0.391 e. The van der Waals surface area contributed by atoms with Crippen LogP contribution in [0, 0.1) is 20.9 Å². The van der Waals surface area contributed by atoms with Gasteiger partial charge in [0.25, 0.3) is 5.69 Å². The molecule has 0 spiro atoms. The molecule has 0 heterocycles. The molecule has 0 aliphatic carbocycles. The number of nitrogens with zero attached hydrogens (tertiary/aromatic N) is 1. The van der Waals surface area contributed by atoms with Gasteiger partial charge < -0.3 is 14.0 Å². The number of benzene rings is 1.